The average Bonchev–Trinajstić information content (AvgIpc) is 3.18. The smallest absolute Gasteiger partial charge is 0.245 e. The highest BCUT2D eigenvalue weighted by molar-refractivity contribution is 6.30. The van der Waals surface area contributed by atoms with Gasteiger partial charge >= 0.3 is 0 Å². The first-order valence-electron chi connectivity index (χ1n) is 8.27. The van der Waals surface area contributed by atoms with E-state index >= 15 is 0 Å². The van der Waals surface area contributed by atoms with Crippen molar-refractivity contribution in [2.24, 2.45) is 10.2 Å². The topological polar surface area (TPSA) is 113 Å². The molecule has 11 heteroatoms. The molecule has 4 aromatic rings. The fourth-order valence-corrected chi connectivity index (χ4v) is 2.48. The molecule has 2 aromatic carbocycles. The van der Waals surface area contributed by atoms with E-state index in [1.54, 1.807) is 36.7 Å². The maximum atomic E-state index is 5.88. The van der Waals surface area contributed by atoms with Crippen LogP contribution in [0.2, 0.25) is 10.0 Å². The van der Waals surface area contributed by atoms with Gasteiger partial charge in [0.1, 0.15) is 0 Å². The third kappa shape index (κ3) is 4.84. The first-order chi connectivity index (χ1) is 14.2. The lowest BCUT2D eigenvalue weighted by Crippen LogP contribution is -2.03. The Morgan fingerprint density at radius 2 is 1.10 bits per heavy atom. The van der Waals surface area contributed by atoms with Crippen molar-refractivity contribution >= 4 is 58.6 Å². The molecular formula is C18H12Cl2N8O. The van der Waals surface area contributed by atoms with E-state index in [0.717, 1.165) is 11.1 Å². The summed E-state index contributed by atoms with van der Waals surface area (Å²) >= 11 is 11.8. The van der Waals surface area contributed by atoms with Gasteiger partial charge in [-0.15, -0.1) is 0 Å². The molecule has 0 spiro atoms. The van der Waals surface area contributed by atoms with Gasteiger partial charge in [0.05, 0.1) is 12.4 Å². The van der Waals surface area contributed by atoms with Gasteiger partial charge in [0.15, 0.2) is 11.6 Å². The molecule has 0 radical (unpaired) electrons. The van der Waals surface area contributed by atoms with Crippen LogP contribution in [-0.2, 0) is 0 Å². The Kier molecular flexibility index (Phi) is 5.59. The van der Waals surface area contributed by atoms with Crippen molar-refractivity contribution in [1.29, 1.82) is 0 Å². The zero-order valence-electron chi connectivity index (χ0n) is 14.6. The highest BCUT2D eigenvalue weighted by atomic mass is 35.5. The molecule has 4 rings (SSSR count). The molecule has 29 heavy (non-hydrogen) atoms. The van der Waals surface area contributed by atoms with Crippen molar-refractivity contribution in [2.45, 2.75) is 0 Å². The van der Waals surface area contributed by atoms with E-state index < -0.39 is 0 Å². The Morgan fingerprint density at radius 1 is 0.690 bits per heavy atom. The molecule has 0 aliphatic carbocycles. The van der Waals surface area contributed by atoms with Crippen molar-refractivity contribution in [2.75, 3.05) is 10.9 Å². The van der Waals surface area contributed by atoms with Gasteiger partial charge in [-0.2, -0.15) is 20.2 Å². The number of hydrogen-bond acceptors (Lipinski definition) is 9. The van der Waals surface area contributed by atoms with Crippen LogP contribution in [0.3, 0.4) is 0 Å². The number of aromatic nitrogens is 4. The van der Waals surface area contributed by atoms with Crippen molar-refractivity contribution in [3.05, 3.63) is 69.7 Å². The van der Waals surface area contributed by atoms with Crippen molar-refractivity contribution in [3.63, 3.8) is 0 Å². The van der Waals surface area contributed by atoms with E-state index in [-0.39, 0.29) is 11.3 Å². The first kappa shape index (κ1) is 18.8. The van der Waals surface area contributed by atoms with E-state index in [2.05, 4.69) is 46.0 Å². The van der Waals surface area contributed by atoms with Gasteiger partial charge in [-0.3, -0.25) is 10.9 Å². The van der Waals surface area contributed by atoms with E-state index in [0.29, 0.717) is 21.7 Å². The highest BCUT2D eigenvalue weighted by Crippen LogP contribution is 2.19. The molecule has 2 N–H and O–H groups in total. The SMILES string of the molecule is Clc1ccc(/C=N\Nc2nc3nonc3nc2N/N=C\c2ccc(Cl)cc2)cc1. The van der Waals surface area contributed by atoms with Gasteiger partial charge in [-0.25, -0.2) is 4.63 Å². The van der Waals surface area contributed by atoms with E-state index in [1.165, 1.54) is 0 Å². The summed E-state index contributed by atoms with van der Waals surface area (Å²) in [6.07, 6.45) is 3.23. The van der Waals surface area contributed by atoms with E-state index in [4.69, 9.17) is 23.2 Å². The third-order valence-corrected chi connectivity index (χ3v) is 4.13. The number of halogens is 2. The zero-order chi connectivity index (χ0) is 20.1. The Morgan fingerprint density at radius 3 is 1.52 bits per heavy atom. The molecule has 0 bridgehead atoms. The van der Waals surface area contributed by atoms with Crippen LogP contribution in [-0.4, -0.2) is 32.7 Å². The number of rotatable bonds is 6. The molecule has 0 unspecified atom stereocenters. The van der Waals surface area contributed by atoms with Gasteiger partial charge in [0, 0.05) is 10.0 Å². The Balaban J connectivity index is 1.53. The minimum Gasteiger partial charge on any atom is -0.258 e. The summed E-state index contributed by atoms with van der Waals surface area (Å²) in [5.74, 6) is 0.596. The van der Waals surface area contributed by atoms with Gasteiger partial charge < -0.3 is 0 Å². The minimum atomic E-state index is 0.237. The lowest BCUT2D eigenvalue weighted by Gasteiger charge is -2.05. The summed E-state index contributed by atoms with van der Waals surface area (Å²) in [5.41, 5.74) is 7.81. The maximum absolute atomic E-state index is 5.88. The molecule has 9 nitrogen and oxygen atoms in total. The van der Waals surface area contributed by atoms with Crippen LogP contribution in [0.5, 0.6) is 0 Å². The number of hydrazone groups is 2. The standard InChI is InChI=1S/C18H12Cl2N8O/c19-13-5-1-11(2-6-13)9-21-25-15-16(24-18-17(23-15)27-29-28-18)26-22-10-12-3-7-14(20)8-4-12/h1-10H,(H,23,25,27)(H,24,26,28)/b21-9-,22-10-. The van der Waals surface area contributed by atoms with Crippen LogP contribution in [0.1, 0.15) is 11.1 Å². The summed E-state index contributed by atoms with van der Waals surface area (Å²) in [6, 6.07) is 14.4. The summed E-state index contributed by atoms with van der Waals surface area (Å²) in [6.45, 7) is 0. The molecule has 0 saturated carbocycles. The van der Waals surface area contributed by atoms with Gasteiger partial charge in [0.25, 0.3) is 0 Å². The molecule has 0 atom stereocenters. The number of hydrogen-bond donors (Lipinski definition) is 2. The van der Waals surface area contributed by atoms with Crippen molar-refractivity contribution in [1.82, 2.24) is 20.3 Å². The van der Waals surface area contributed by atoms with Crippen LogP contribution in [0.25, 0.3) is 11.3 Å². The molecule has 2 heterocycles. The number of fused-ring (bicyclic) bond motifs is 1. The predicted molar refractivity (Wildman–Crippen MR) is 113 cm³/mol. The van der Waals surface area contributed by atoms with Crippen molar-refractivity contribution < 1.29 is 4.63 Å². The maximum Gasteiger partial charge on any atom is 0.245 e. The molecule has 144 valence electrons. The number of nitrogens with zero attached hydrogens (tertiary/aromatic N) is 6. The molecule has 0 aliphatic heterocycles. The summed E-state index contributed by atoms with van der Waals surface area (Å²) in [7, 11) is 0. The number of benzene rings is 2. The Labute approximate surface area is 174 Å². The fourth-order valence-electron chi connectivity index (χ4n) is 2.23. The second-order valence-corrected chi connectivity index (χ2v) is 6.55. The summed E-state index contributed by atoms with van der Waals surface area (Å²) in [4.78, 5) is 8.58. The van der Waals surface area contributed by atoms with Crippen LogP contribution in [0.4, 0.5) is 11.6 Å². The minimum absolute atomic E-state index is 0.237. The van der Waals surface area contributed by atoms with Gasteiger partial charge in [0.2, 0.25) is 11.3 Å². The predicted octanol–water partition coefficient (Wildman–Crippen LogP) is 4.21. The Hall–Kier alpha value is -3.56. The molecule has 0 amide bonds. The second-order valence-electron chi connectivity index (χ2n) is 5.68. The average molecular weight is 427 g/mol. The van der Waals surface area contributed by atoms with Crippen LogP contribution < -0.4 is 10.9 Å². The Bertz CT molecular complexity index is 1080. The summed E-state index contributed by atoms with van der Waals surface area (Å²) in [5, 5.41) is 17.0. The third-order valence-electron chi connectivity index (χ3n) is 3.62. The van der Waals surface area contributed by atoms with E-state index in [9.17, 15) is 0 Å². The normalized spacial score (nSPS) is 11.5. The molecule has 2 aromatic heterocycles. The quantitative estimate of drug-likeness (QED) is 0.350. The fraction of sp³-hybridized carbons (Fsp3) is 0. The lowest BCUT2D eigenvalue weighted by molar-refractivity contribution is 0.314. The largest absolute Gasteiger partial charge is 0.258 e. The molecule has 0 saturated heterocycles. The molecule has 0 fully saturated rings. The first-order valence-corrected chi connectivity index (χ1v) is 9.02. The zero-order valence-corrected chi connectivity index (χ0v) is 16.1. The van der Waals surface area contributed by atoms with E-state index in [1.807, 2.05) is 24.3 Å². The highest BCUT2D eigenvalue weighted by Gasteiger charge is 2.11. The molecule has 0 aliphatic rings. The second kappa shape index (κ2) is 8.63. The van der Waals surface area contributed by atoms with Crippen LogP contribution in [0, 0.1) is 0 Å². The van der Waals surface area contributed by atoms with Gasteiger partial charge in [-0.05, 0) is 45.7 Å². The van der Waals surface area contributed by atoms with Crippen molar-refractivity contribution in [3.8, 4) is 0 Å². The summed E-state index contributed by atoms with van der Waals surface area (Å²) < 4.78 is 4.66. The molecular weight excluding hydrogens is 415 g/mol. The number of anilines is 2. The van der Waals surface area contributed by atoms with Crippen LogP contribution >= 0.6 is 23.2 Å². The monoisotopic (exact) mass is 426 g/mol. The van der Waals surface area contributed by atoms with Gasteiger partial charge in [-0.1, -0.05) is 47.5 Å². The lowest BCUT2D eigenvalue weighted by atomic mass is 10.2. The van der Waals surface area contributed by atoms with Crippen LogP contribution in [0.15, 0.2) is 63.4 Å². The number of nitrogens with one attached hydrogen (secondary N) is 2.